The molecule has 0 fully saturated rings. The van der Waals surface area contributed by atoms with Crippen molar-refractivity contribution in [1.29, 1.82) is 0 Å². The number of fused-ring (bicyclic) bond motifs is 1. The predicted molar refractivity (Wildman–Crippen MR) is 80.6 cm³/mol. The van der Waals surface area contributed by atoms with Crippen LogP contribution in [0.1, 0.15) is 0 Å². The van der Waals surface area contributed by atoms with Crippen LogP contribution in [0.5, 0.6) is 11.5 Å². The van der Waals surface area contributed by atoms with Gasteiger partial charge >= 0.3 is 5.82 Å². The highest BCUT2D eigenvalue weighted by Crippen LogP contribution is 2.35. The molecule has 0 unspecified atom stereocenters. The van der Waals surface area contributed by atoms with E-state index in [-0.39, 0.29) is 11.7 Å². The third-order valence-corrected chi connectivity index (χ3v) is 3.26. The molecule has 1 aromatic carbocycles. The largest absolute Gasteiger partial charge is 0.493 e. The Morgan fingerprint density at radius 3 is 2.70 bits per heavy atom. The highest BCUT2D eigenvalue weighted by atomic mass is 16.6. The molecule has 3 rings (SSSR count). The summed E-state index contributed by atoms with van der Waals surface area (Å²) in [5, 5.41) is 24.8. The van der Waals surface area contributed by atoms with Gasteiger partial charge in [0, 0.05) is 6.07 Å². The van der Waals surface area contributed by atoms with E-state index in [1.165, 1.54) is 36.4 Å². The van der Waals surface area contributed by atoms with Gasteiger partial charge in [0.25, 0.3) is 0 Å². The van der Waals surface area contributed by atoms with Crippen molar-refractivity contribution in [2.45, 2.75) is 0 Å². The van der Waals surface area contributed by atoms with Crippen LogP contribution in [0, 0.1) is 10.1 Å². The summed E-state index contributed by atoms with van der Waals surface area (Å²) in [7, 11) is 3.02. The van der Waals surface area contributed by atoms with Crippen LogP contribution >= 0.6 is 0 Å². The van der Waals surface area contributed by atoms with Crippen LogP contribution in [-0.4, -0.2) is 33.9 Å². The molecule has 0 radical (unpaired) electrons. The van der Waals surface area contributed by atoms with Gasteiger partial charge in [0.05, 0.1) is 26.1 Å². The van der Waals surface area contributed by atoms with Gasteiger partial charge in [-0.2, -0.15) is 4.68 Å². The molecule has 1 aliphatic rings. The number of nitro groups is 1. The van der Waals surface area contributed by atoms with Crippen LogP contribution in [0.25, 0.3) is 0 Å². The second-order valence-corrected chi connectivity index (χ2v) is 4.54. The van der Waals surface area contributed by atoms with Crippen LogP contribution < -0.4 is 19.8 Å². The van der Waals surface area contributed by atoms with E-state index >= 15 is 0 Å². The van der Waals surface area contributed by atoms with Crippen molar-refractivity contribution in [3.05, 3.63) is 46.7 Å². The topological polar surface area (TPSA) is 115 Å². The third kappa shape index (κ3) is 2.35. The lowest BCUT2D eigenvalue weighted by molar-refractivity contribution is -0.388. The van der Waals surface area contributed by atoms with Crippen molar-refractivity contribution in [2.24, 2.45) is 0 Å². The maximum Gasteiger partial charge on any atom is 0.408 e. The number of aliphatic hydroxyl groups is 1. The summed E-state index contributed by atoms with van der Waals surface area (Å²) in [6.07, 6.45) is 2.64. The Hall–Kier alpha value is -3.43. The van der Waals surface area contributed by atoms with Crippen molar-refractivity contribution >= 4 is 17.3 Å². The molecule has 2 aromatic rings. The van der Waals surface area contributed by atoms with Crippen LogP contribution in [0.2, 0.25) is 0 Å². The molecule has 10 nitrogen and oxygen atoms in total. The Bertz CT molecular complexity index is 800. The van der Waals surface area contributed by atoms with E-state index in [0.717, 1.165) is 0 Å². The van der Waals surface area contributed by atoms with Crippen molar-refractivity contribution < 1.29 is 19.5 Å². The fourth-order valence-electron chi connectivity index (χ4n) is 2.24. The molecule has 1 aromatic heterocycles. The molecular formula is C13H13N5O5. The Balaban J connectivity index is 2.10. The van der Waals surface area contributed by atoms with Gasteiger partial charge in [-0.1, -0.05) is 0 Å². The molecule has 0 spiro atoms. The minimum absolute atomic E-state index is 0.0461. The number of methoxy groups -OCH3 is 2. The summed E-state index contributed by atoms with van der Waals surface area (Å²) in [5.74, 6) is 0.416. The van der Waals surface area contributed by atoms with E-state index in [2.05, 4.69) is 10.3 Å². The molecule has 2 heterocycles. The normalized spacial score (nSPS) is 13.0. The maximum absolute atomic E-state index is 11.0. The van der Waals surface area contributed by atoms with Crippen molar-refractivity contribution in [1.82, 2.24) is 9.66 Å². The van der Waals surface area contributed by atoms with E-state index in [9.17, 15) is 15.2 Å². The van der Waals surface area contributed by atoms with Gasteiger partial charge in [0.15, 0.2) is 11.5 Å². The summed E-state index contributed by atoms with van der Waals surface area (Å²) in [6, 6.07) is 5.07. The summed E-state index contributed by atoms with van der Waals surface area (Å²) < 4.78 is 11.8. The molecule has 0 aliphatic carbocycles. The van der Waals surface area contributed by atoms with E-state index < -0.39 is 10.7 Å². The third-order valence-electron chi connectivity index (χ3n) is 3.26. The van der Waals surface area contributed by atoms with E-state index in [1.807, 2.05) is 0 Å². The van der Waals surface area contributed by atoms with Crippen LogP contribution in [-0.2, 0) is 0 Å². The molecule has 2 N–H and O–H groups in total. The van der Waals surface area contributed by atoms with Gasteiger partial charge in [-0.05, 0) is 22.0 Å². The highest BCUT2D eigenvalue weighted by Gasteiger charge is 2.29. The molecule has 0 saturated carbocycles. The number of anilines is 2. The maximum atomic E-state index is 11.0. The number of nitrogens with zero attached hydrogens (tertiary/aromatic N) is 4. The van der Waals surface area contributed by atoms with E-state index in [0.29, 0.717) is 17.2 Å². The quantitative estimate of drug-likeness (QED) is 0.648. The molecule has 120 valence electrons. The number of imidazole rings is 1. The minimum atomic E-state index is -0.635. The number of ether oxygens (including phenoxy) is 2. The van der Waals surface area contributed by atoms with Gasteiger partial charge in [-0.3, -0.25) is 0 Å². The standard InChI is InChI=1S/C13H13N5O5/c1-22-9-4-3-8(5-10(9)23-2)16-6-11(19)15-13-12(18(20)21)14-7-17(13)16/h3-7,15,19H,1-2H3. The average Bonchev–Trinajstić information content (AvgIpc) is 2.97. The summed E-state index contributed by atoms with van der Waals surface area (Å²) in [6.45, 7) is 0. The van der Waals surface area contributed by atoms with Crippen LogP contribution in [0.15, 0.2) is 36.6 Å². The van der Waals surface area contributed by atoms with Gasteiger partial charge in [-0.25, -0.2) is 5.01 Å². The number of aromatic nitrogens is 2. The van der Waals surface area contributed by atoms with Gasteiger partial charge in [0.2, 0.25) is 18.0 Å². The predicted octanol–water partition coefficient (Wildman–Crippen LogP) is 1.86. The molecule has 1 aliphatic heterocycles. The van der Waals surface area contributed by atoms with E-state index in [4.69, 9.17) is 9.47 Å². The molecule has 0 saturated heterocycles. The summed E-state index contributed by atoms with van der Waals surface area (Å²) in [5.41, 5.74) is 0.587. The molecule has 0 atom stereocenters. The van der Waals surface area contributed by atoms with Gasteiger partial charge in [-0.15, -0.1) is 0 Å². The first-order chi connectivity index (χ1) is 11.0. The van der Waals surface area contributed by atoms with Crippen molar-refractivity contribution in [3.8, 4) is 11.5 Å². The molecule has 0 bridgehead atoms. The lowest BCUT2D eigenvalue weighted by Crippen LogP contribution is -2.30. The number of rotatable bonds is 4. The Morgan fingerprint density at radius 2 is 2.04 bits per heavy atom. The first-order valence-electron chi connectivity index (χ1n) is 6.46. The smallest absolute Gasteiger partial charge is 0.408 e. The zero-order valence-electron chi connectivity index (χ0n) is 12.3. The number of benzene rings is 1. The lowest BCUT2D eigenvalue weighted by atomic mass is 10.2. The second-order valence-electron chi connectivity index (χ2n) is 4.54. The Kier molecular flexibility index (Phi) is 3.41. The van der Waals surface area contributed by atoms with Crippen molar-refractivity contribution in [3.63, 3.8) is 0 Å². The SMILES string of the molecule is COc1ccc(N2C=C(O)Nc3c([N+](=O)[O-])ncn32)cc1OC. The number of hydrogen-bond acceptors (Lipinski definition) is 8. The first-order valence-corrected chi connectivity index (χ1v) is 6.46. The van der Waals surface area contributed by atoms with Crippen LogP contribution in [0.3, 0.4) is 0 Å². The zero-order valence-corrected chi connectivity index (χ0v) is 12.3. The number of hydrogen-bond donors (Lipinski definition) is 2. The second kappa shape index (κ2) is 5.40. The fourth-order valence-corrected chi connectivity index (χ4v) is 2.24. The number of nitrogens with one attached hydrogen (secondary N) is 1. The fraction of sp³-hybridized carbons (Fsp3) is 0.154. The first kappa shape index (κ1) is 14.5. The average molecular weight is 319 g/mol. The van der Waals surface area contributed by atoms with Crippen LogP contribution in [0.4, 0.5) is 17.3 Å². The summed E-state index contributed by atoms with van der Waals surface area (Å²) in [4.78, 5) is 14.1. The highest BCUT2D eigenvalue weighted by molar-refractivity contribution is 5.65. The van der Waals surface area contributed by atoms with Crippen molar-refractivity contribution in [2.75, 3.05) is 24.5 Å². The Morgan fingerprint density at radius 1 is 1.30 bits per heavy atom. The van der Waals surface area contributed by atoms with Gasteiger partial charge < -0.3 is 30.0 Å². The number of aliphatic hydroxyl groups excluding tert-OH is 1. The lowest BCUT2D eigenvalue weighted by Gasteiger charge is -2.27. The van der Waals surface area contributed by atoms with Gasteiger partial charge in [0.1, 0.15) is 0 Å². The molecule has 10 heteroatoms. The van der Waals surface area contributed by atoms with E-state index in [1.54, 1.807) is 18.2 Å². The monoisotopic (exact) mass is 319 g/mol. The Labute approximate surface area is 130 Å². The summed E-state index contributed by atoms with van der Waals surface area (Å²) >= 11 is 0. The molecular weight excluding hydrogens is 306 g/mol. The zero-order chi connectivity index (χ0) is 16.6. The molecule has 0 amide bonds. The molecule has 23 heavy (non-hydrogen) atoms. The minimum Gasteiger partial charge on any atom is -0.493 e.